The van der Waals surface area contributed by atoms with Crippen molar-refractivity contribution in [3.8, 4) is 0 Å². The number of carbonyl (C=O) groups is 1. The molecule has 0 bridgehead atoms. The number of hydrogen-bond acceptors (Lipinski definition) is 3. The lowest BCUT2D eigenvalue weighted by Gasteiger charge is -2.29. The average Bonchev–Trinajstić information content (AvgIpc) is 2.69. The Morgan fingerprint density at radius 2 is 1.81 bits per heavy atom. The maximum atomic E-state index is 12.9. The number of amides is 1. The summed E-state index contributed by atoms with van der Waals surface area (Å²) in [5, 5.41) is 3.35. The lowest BCUT2D eigenvalue weighted by atomic mass is 9.99. The Morgan fingerprint density at radius 1 is 1.04 bits per heavy atom. The molecular formula is C22H21N3O. The van der Waals surface area contributed by atoms with Gasteiger partial charge in [-0.25, -0.2) is 0 Å². The van der Waals surface area contributed by atoms with E-state index in [0.717, 1.165) is 29.9 Å². The number of benzene rings is 2. The number of aromatic nitrogens is 1. The van der Waals surface area contributed by atoms with Gasteiger partial charge in [-0.1, -0.05) is 42.5 Å². The molecule has 0 spiro atoms. The molecule has 1 aliphatic rings. The van der Waals surface area contributed by atoms with Crippen molar-refractivity contribution in [3.63, 3.8) is 0 Å². The molecule has 0 saturated heterocycles. The Hall–Kier alpha value is -3.14. The van der Waals surface area contributed by atoms with Crippen LogP contribution in [-0.4, -0.2) is 22.3 Å². The number of nitrogens with one attached hydrogen (secondary N) is 1. The van der Waals surface area contributed by atoms with Crippen LogP contribution in [0.5, 0.6) is 0 Å². The van der Waals surface area contributed by atoms with E-state index < -0.39 is 0 Å². The first-order valence-corrected chi connectivity index (χ1v) is 8.84. The summed E-state index contributed by atoms with van der Waals surface area (Å²) in [5.74, 6) is 0.0282. The number of rotatable bonds is 3. The van der Waals surface area contributed by atoms with Crippen molar-refractivity contribution in [2.24, 2.45) is 0 Å². The summed E-state index contributed by atoms with van der Waals surface area (Å²) in [6.07, 6.45) is 4.29. The molecule has 1 N–H and O–H groups in total. The van der Waals surface area contributed by atoms with Gasteiger partial charge in [-0.15, -0.1) is 0 Å². The van der Waals surface area contributed by atoms with Gasteiger partial charge >= 0.3 is 0 Å². The van der Waals surface area contributed by atoms with Crippen molar-refractivity contribution in [2.45, 2.75) is 19.9 Å². The third-order valence-corrected chi connectivity index (χ3v) is 4.83. The quantitative estimate of drug-likeness (QED) is 0.770. The van der Waals surface area contributed by atoms with Crippen LogP contribution in [-0.2, 0) is 13.0 Å². The second kappa shape index (κ2) is 7.00. The summed E-state index contributed by atoms with van der Waals surface area (Å²) in [5.41, 5.74) is 6.17. The zero-order valence-corrected chi connectivity index (χ0v) is 14.8. The van der Waals surface area contributed by atoms with Gasteiger partial charge in [-0.2, -0.15) is 0 Å². The first-order chi connectivity index (χ1) is 12.7. The minimum absolute atomic E-state index is 0.0282. The fourth-order valence-corrected chi connectivity index (χ4v) is 3.35. The van der Waals surface area contributed by atoms with Crippen LogP contribution in [0.15, 0.2) is 67.0 Å². The van der Waals surface area contributed by atoms with Crippen molar-refractivity contribution < 1.29 is 4.79 Å². The van der Waals surface area contributed by atoms with Crippen LogP contribution < -0.4 is 5.32 Å². The molecule has 4 heteroatoms. The predicted octanol–water partition coefficient (Wildman–Crippen LogP) is 4.33. The van der Waals surface area contributed by atoms with Gasteiger partial charge < -0.3 is 10.2 Å². The number of nitrogens with zero attached hydrogens (tertiary/aromatic N) is 2. The van der Waals surface area contributed by atoms with Crippen LogP contribution >= 0.6 is 0 Å². The van der Waals surface area contributed by atoms with E-state index in [4.69, 9.17) is 0 Å². The Balaban J connectivity index is 1.53. The Morgan fingerprint density at radius 3 is 2.65 bits per heavy atom. The van der Waals surface area contributed by atoms with Crippen molar-refractivity contribution in [2.75, 3.05) is 11.9 Å². The van der Waals surface area contributed by atoms with Crippen LogP contribution in [0.25, 0.3) is 0 Å². The Bertz CT molecular complexity index is 951. The third-order valence-electron chi connectivity index (χ3n) is 4.83. The lowest BCUT2D eigenvalue weighted by molar-refractivity contribution is 0.0734. The first kappa shape index (κ1) is 16.3. The van der Waals surface area contributed by atoms with Crippen LogP contribution in [0.3, 0.4) is 0 Å². The van der Waals surface area contributed by atoms with Crippen LogP contribution in [0.4, 0.5) is 11.4 Å². The maximum Gasteiger partial charge on any atom is 0.255 e. The number of fused-ring (bicyclic) bond motifs is 1. The second-order valence-corrected chi connectivity index (χ2v) is 6.65. The average molecular weight is 343 g/mol. The monoisotopic (exact) mass is 343 g/mol. The molecule has 0 atom stereocenters. The molecule has 1 aromatic heterocycles. The Kier molecular flexibility index (Phi) is 4.40. The summed E-state index contributed by atoms with van der Waals surface area (Å²) in [6.45, 7) is 3.45. The molecule has 1 aliphatic heterocycles. The van der Waals surface area contributed by atoms with E-state index in [2.05, 4.69) is 41.5 Å². The first-order valence-electron chi connectivity index (χ1n) is 8.84. The molecule has 2 aromatic carbocycles. The molecule has 0 unspecified atom stereocenters. The zero-order valence-electron chi connectivity index (χ0n) is 14.8. The number of hydrogen-bond donors (Lipinski definition) is 1. The van der Waals surface area contributed by atoms with Crippen LogP contribution in [0, 0.1) is 6.92 Å². The van der Waals surface area contributed by atoms with Gasteiger partial charge in [0.2, 0.25) is 0 Å². The number of para-hydroxylation sites is 1. The fourth-order valence-electron chi connectivity index (χ4n) is 3.35. The van der Waals surface area contributed by atoms with Gasteiger partial charge in [-0.05, 0) is 42.2 Å². The summed E-state index contributed by atoms with van der Waals surface area (Å²) in [6, 6.07) is 18.3. The van der Waals surface area contributed by atoms with E-state index in [9.17, 15) is 4.79 Å². The minimum atomic E-state index is 0.0282. The van der Waals surface area contributed by atoms with E-state index >= 15 is 0 Å². The number of pyridine rings is 1. The normalized spacial score (nSPS) is 13.2. The highest BCUT2D eigenvalue weighted by Gasteiger charge is 2.22. The minimum Gasteiger partial charge on any atom is -0.354 e. The molecule has 4 rings (SSSR count). The highest BCUT2D eigenvalue weighted by Crippen LogP contribution is 2.23. The molecule has 26 heavy (non-hydrogen) atoms. The second-order valence-electron chi connectivity index (χ2n) is 6.65. The van der Waals surface area contributed by atoms with E-state index in [1.807, 2.05) is 35.2 Å². The van der Waals surface area contributed by atoms with E-state index in [1.165, 1.54) is 11.1 Å². The van der Waals surface area contributed by atoms with Crippen LogP contribution in [0.1, 0.15) is 27.0 Å². The standard InChI is InChI=1S/C22H21N3O/c1-16-6-2-5-9-21(16)24-20-12-19(13-23-14-20)22(26)25-11-10-17-7-3-4-8-18(17)15-25/h2-9,12-14,24H,10-11,15H2,1H3. The molecule has 0 aliphatic carbocycles. The SMILES string of the molecule is Cc1ccccc1Nc1cncc(C(=O)N2CCc3ccccc3C2)c1. The number of anilines is 2. The molecule has 4 nitrogen and oxygen atoms in total. The lowest BCUT2D eigenvalue weighted by Crippen LogP contribution is -2.36. The smallest absolute Gasteiger partial charge is 0.255 e. The molecular weight excluding hydrogens is 322 g/mol. The van der Waals surface area contributed by atoms with E-state index in [0.29, 0.717) is 12.1 Å². The molecule has 2 heterocycles. The van der Waals surface area contributed by atoms with Gasteiger partial charge in [0.1, 0.15) is 0 Å². The van der Waals surface area contributed by atoms with Crippen molar-refractivity contribution in [3.05, 3.63) is 89.2 Å². The summed E-state index contributed by atoms with van der Waals surface area (Å²) >= 11 is 0. The molecule has 0 saturated carbocycles. The van der Waals surface area contributed by atoms with Crippen molar-refractivity contribution in [1.82, 2.24) is 9.88 Å². The Labute approximate surface area is 153 Å². The maximum absolute atomic E-state index is 12.9. The van der Waals surface area contributed by atoms with Crippen LogP contribution in [0.2, 0.25) is 0 Å². The van der Waals surface area contributed by atoms with E-state index in [1.54, 1.807) is 12.4 Å². The summed E-state index contributed by atoms with van der Waals surface area (Å²) < 4.78 is 0. The number of aryl methyl sites for hydroxylation is 1. The molecule has 0 fully saturated rings. The predicted molar refractivity (Wildman–Crippen MR) is 104 cm³/mol. The highest BCUT2D eigenvalue weighted by molar-refractivity contribution is 5.95. The van der Waals surface area contributed by atoms with Gasteiger partial charge in [0.05, 0.1) is 17.4 Å². The molecule has 130 valence electrons. The van der Waals surface area contributed by atoms with Crippen molar-refractivity contribution in [1.29, 1.82) is 0 Å². The van der Waals surface area contributed by atoms with Gasteiger partial charge in [0, 0.05) is 25.0 Å². The molecule has 1 amide bonds. The van der Waals surface area contributed by atoms with Gasteiger partial charge in [0.25, 0.3) is 5.91 Å². The summed E-state index contributed by atoms with van der Waals surface area (Å²) in [4.78, 5) is 19.1. The van der Waals surface area contributed by atoms with E-state index in [-0.39, 0.29) is 5.91 Å². The van der Waals surface area contributed by atoms with Gasteiger partial charge in [-0.3, -0.25) is 9.78 Å². The molecule has 0 radical (unpaired) electrons. The largest absolute Gasteiger partial charge is 0.354 e. The zero-order chi connectivity index (χ0) is 17.9. The summed E-state index contributed by atoms with van der Waals surface area (Å²) in [7, 11) is 0. The van der Waals surface area contributed by atoms with Gasteiger partial charge in [0.15, 0.2) is 0 Å². The number of carbonyl (C=O) groups excluding carboxylic acids is 1. The molecule has 3 aromatic rings. The highest BCUT2D eigenvalue weighted by atomic mass is 16.2. The topological polar surface area (TPSA) is 45.2 Å². The third kappa shape index (κ3) is 3.31. The fraction of sp³-hybridized carbons (Fsp3) is 0.182. The van der Waals surface area contributed by atoms with Crippen molar-refractivity contribution >= 4 is 17.3 Å².